The second-order valence-electron chi connectivity index (χ2n) is 10.0. The lowest BCUT2D eigenvalue weighted by Crippen LogP contribution is -2.31. The zero-order valence-corrected chi connectivity index (χ0v) is 23.8. The molecule has 0 spiro atoms. The van der Waals surface area contributed by atoms with E-state index in [0.717, 1.165) is 29.8 Å². The summed E-state index contributed by atoms with van der Waals surface area (Å²) in [6.45, 7) is 7.87. The fraction of sp³-hybridized carbons (Fsp3) is 0.429. The molecular formula is C28H31N9O2S. The summed E-state index contributed by atoms with van der Waals surface area (Å²) in [5, 5.41) is 13.1. The standard InChI is InChI=1S/C28H31N9O2S/c1-5-20-23(24(17-7-8-17)34-15-33-20)25-32-14-21-27(36-25)37(22(11-29)16(3)4)28(38)26(35-21)31-12-18-9-10-19(13-30-18)40(39)6-2/h9-10,13-17,22H,5-8,12H2,1-4H3,(H,31,35). The van der Waals surface area contributed by atoms with Crippen LogP contribution in [0.25, 0.3) is 22.6 Å². The summed E-state index contributed by atoms with van der Waals surface area (Å²) >= 11 is -1.09. The number of pyridine rings is 1. The summed E-state index contributed by atoms with van der Waals surface area (Å²) in [6.07, 6.45) is 7.55. The summed E-state index contributed by atoms with van der Waals surface area (Å²) in [5.74, 6) is 1.20. The maximum Gasteiger partial charge on any atom is 0.296 e. The number of nitrogens with one attached hydrogen (secondary N) is 1. The van der Waals surface area contributed by atoms with Gasteiger partial charge in [0.05, 0.1) is 47.7 Å². The van der Waals surface area contributed by atoms with Gasteiger partial charge >= 0.3 is 0 Å². The Kier molecular flexibility index (Phi) is 8.04. The molecule has 1 aliphatic rings. The summed E-state index contributed by atoms with van der Waals surface area (Å²) in [5.41, 5.74) is 3.44. The van der Waals surface area contributed by atoms with Crippen molar-refractivity contribution in [2.45, 2.75) is 70.4 Å². The number of hydrogen-bond donors (Lipinski definition) is 1. The number of rotatable bonds is 10. The SMILES string of the molecule is CCc1ncnc(C2CC2)c1-c1ncc2nc(NCc3ccc([S+]([O-])CC)cn3)c(=O)n(C(C#N)C(C)C)c2n1. The van der Waals surface area contributed by atoms with E-state index < -0.39 is 22.8 Å². The summed E-state index contributed by atoms with van der Waals surface area (Å²) in [7, 11) is 0. The molecule has 40 heavy (non-hydrogen) atoms. The van der Waals surface area contributed by atoms with E-state index >= 15 is 0 Å². The quantitative estimate of drug-likeness (QED) is 0.283. The fourth-order valence-electron chi connectivity index (χ4n) is 4.61. The lowest BCUT2D eigenvalue weighted by molar-refractivity contribution is 0.458. The van der Waals surface area contributed by atoms with Crippen LogP contribution in [0, 0.1) is 17.2 Å². The summed E-state index contributed by atoms with van der Waals surface area (Å²) in [6, 6.07) is 5.03. The molecule has 2 unspecified atom stereocenters. The Morgan fingerprint density at radius 1 is 1.15 bits per heavy atom. The normalized spacial score (nSPS) is 14.7. The highest BCUT2D eigenvalue weighted by Gasteiger charge is 2.31. The van der Waals surface area contributed by atoms with Crippen LogP contribution in [0.1, 0.15) is 69.6 Å². The molecular weight excluding hydrogens is 526 g/mol. The van der Waals surface area contributed by atoms with Gasteiger partial charge in [-0.05, 0) is 55.4 Å². The molecule has 1 fully saturated rings. The predicted molar refractivity (Wildman–Crippen MR) is 152 cm³/mol. The van der Waals surface area contributed by atoms with Crippen molar-refractivity contribution in [2.75, 3.05) is 11.1 Å². The molecule has 5 rings (SSSR count). The molecule has 4 aromatic rings. The molecule has 12 heteroatoms. The van der Waals surface area contributed by atoms with Gasteiger partial charge in [-0.3, -0.25) is 14.3 Å². The number of nitriles is 1. The molecule has 206 valence electrons. The van der Waals surface area contributed by atoms with Gasteiger partial charge in [-0.2, -0.15) is 5.26 Å². The Hall–Kier alpha value is -3.95. The zero-order valence-electron chi connectivity index (χ0n) is 23.0. The maximum absolute atomic E-state index is 13.8. The van der Waals surface area contributed by atoms with E-state index in [-0.39, 0.29) is 23.9 Å². The third-order valence-electron chi connectivity index (χ3n) is 6.91. The van der Waals surface area contributed by atoms with Crippen molar-refractivity contribution < 1.29 is 4.55 Å². The number of nitrogens with zero attached hydrogens (tertiary/aromatic N) is 8. The number of hydrogen-bond acceptors (Lipinski definition) is 10. The minimum atomic E-state index is -1.09. The molecule has 0 saturated heterocycles. The van der Waals surface area contributed by atoms with Gasteiger partial charge in [-0.15, -0.1) is 0 Å². The van der Waals surface area contributed by atoms with Gasteiger partial charge in [0.1, 0.15) is 23.6 Å². The highest BCUT2D eigenvalue weighted by Crippen LogP contribution is 2.43. The molecule has 0 radical (unpaired) electrons. The van der Waals surface area contributed by atoms with Crippen molar-refractivity contribution in [3.63, 3.8) is 0 Å². The topological polar surface area (TPSA) is 158 Å². The highest BCUT2D eigenvalue weighted by molar-refractivity contribution is 7.91. The average molecular weight is 558 g/mol. The molecule has 0 bridgehead atoms. The Labute approximate surface area is 235 Å². The Morgan fingerprint density at radius 3 is 2.58 bits per heavy atom. The molecule has 1 aliphatic carbocycles. The van der Waals surface area contributed by atoms with Crippen molar-refractivity contribution in [1.29, 1.82) is 5.26 Å². The van der Waals surface area contributed by atoms with Crippen molar-refractivity contribution in [3.05, 3.63) is 58.3 Å². The first-order chi connectivity index (χ1) is 19.4. The van der Waals surface area contributed by atoms with Crippen LogP contribution in [0.3, 0.4) is 0 Å². The van der Waals surface area contributed by atoms with E-state index in [9.17, 15) is 14.6 Å². The molecule has 4 heterocycles. The molecule has 0 aliphatic heterocycles. The number of aryl methyl sites for hydroxylation is 1. The zero-order chi connectivity index (χ0) is 28.4. The number of fused-ring (bicyclic) bond motifs is 1. The average Bonchev–Trinajstić information content (AvgIpc) is 3.82. The first kappa shape index (κ1) is 27.6. The van der Waals surface area contributed by atoms with Crippen LogP contribution in [-0.2, 0) is 24.1 Å². The van der Waals surface area contributed by atoms with Crippen molar-refractivity contribution in [1.82, 2.24) is 34.5 Å². The Bertz CT molecular complexity index is 1630. The van der Waals surface area contributed by atoms with Crippen LogP contribution in [0.5, 0.6) is 0 Å². The van der Waals surface area contributed by atoms with Gasteiger partial charge < -0.3 is 9.87 Å². The van der Waals surface area contributed by atoms with Gasteiger partial charge in [0.15, 0.2) is 22.2 Å². The molecule has 2 atom stereocenters. The van der Waals surface area contributed by atoms with Crippen LogP contribution in [0.4, 0.5) is 5.82 Å². The highest BCUT2D eigenvalue weighted by atomic mass is 32.2. The first-order valence-corrected chi connectivity index (χ1v) is 14.8. The lowest BCUT2D eigenvalue weighted by Gasteiger charge is -2.20. The van der Waals surface area contributed by atoms with E-state index in [1.165, 1.54) is 4.57 Å². The first-order valence-electron chi connectivity index (χ1n) is 13.5. The fourth-order valence-corrected chi connectivity index (χ4v) is 5.33. The predicted octanol–water partition coefficient (Wildman–Crippen LogP) is 3.94. The third kappa shape index (κ3) is 5.39. The van der Waals surface area contributed by atoms with E-state index in [2.05, 4.69) is 36.3 Å². The van der Waals surface area contributed by atoms with Crippen LogP contribution < -0.4 is 10.9 Å². The molecule has 4 aromatic heterocycles. The van der Waals surface area contributed by atoms with Gasteiger partial charge in [0, 0.05) is 5.92 Å². The van der Waals surface area contributed by atoms with Gasteiger partial charge in [-0.1, -0.05) is 20.8 Å². The van der Waals surface area contributed by atoms with Crippen LogP contribution in [-0.4, -0.2) is 44.8 Å². The van der Waals surface area contributed by atoms with Crippen molar-refractivity contribution in [2.24, 2.45) is 5.92 Å². The lowest BCUT2D eigenvalue weighted by atomic mass is 10.0. The van der Waals surface area contributed by atoms with Crippen LogP contribution in [0.2, 0.25) is 0 Å². The third-order valence-corrected chi connectivity index (χ3v) is 8.20. The van der Waals surface area contributed by atoms with E-state index in [0.29, 0.717) is 40.0 Å². The minimum absolute atomic E-state index is 0.0729. The molecule has 0 aromatic carbocycles. The maximum atomic E-state index is 13.8. The van der Waals surface area contributed by atoms with Crippen molar-refractivity contribution in [3.8, 4) is 17.5 Å². The van der Waals surface area contributed by atoms with Gasteiger partial charge in [0.25, 0.3) is 5.56 Å². The molecule has 1 saturated carbocycles. The largest absolute Gasteiger partial charge is 0.611 e. The van der Waals surface area contributed by atoms with Gasteiger partial charge in [0.2, 0.25) is 0 Å². The monoisotopic (exact) mass is 557 g/mol. The second kappa shape index (κ2) is 11.7. The van der Waals surface area contributed by atoms with E-state index in [1.807, 2.05) is 27.7 Å². The van der Waals surface area contributed by atoms with E-state index in [1.54, 1.807) is 30.9 Å². The summed E-state index contributed by atoms with van der Waals surface area (Å²) < 4.78 is 13.4. The number of aromatic nitrogens is 7. The Balaban J connectivity index is 1.59. The van der Waals surface area contributed by atoms with Crippen LogP contribution >= 0.6 is 0 Å². The molecule has 0 amide bonds. The van der Waals surface area contributed by atoms with Gasteiger partial charge in [-0.25, -0.2) is 24.9 Å². The Morgan fingerprint density at radius 2 is 1.95 bits per heavy atom. The van der Waals surface area contributed by atoms with E-state index in [4.69, 9.17) is 4.98 Å². The number of anilines is 1. The minimum Gasteiger partial charge on any atom is -0.611 e. The smallest absolute Gasteiger partial charge is 0.296 e. The molecule has 1 N–H and O–H groups in total. The second-order valence-corrected chi connectivity index (χ2v) is 11.8. The molecule has 11 nitrogen and oxygen atoms in total. The van der Waals surface area contributed by atoms with Crippen LogP contribution in [0.15, 0.2) is 40.5 Å². The van der Waals surface area contributed by atoms with Crippen molar-refractivity contribution >= 4 is 28.2 Å². The summed E-state index contributed by atoms with van der Waals surface area (Å²) in [4.78, 5) is 41.8.